The van der Waals surface area contributed by atoms with Gasteiger partial charge in [0.25, 0.3) is 0 Å². The topological polar surface area (TPSA) is 78.4 Å². The monoisotopic (exact) mass is 463 g/mol. The summed E-state index contributed by atoms with van der Waals surface area (Å²) in [6.07, 6.45) is 2.00. The average molecular weight is 464 g/mol. The number of carbonyl (C=O) groups excluding carboxylic acids is 2. The van der Waals surface area contributed by atoms with Gasteiger partial charge in [0.1, 0.15) is 16.8 Å². The zero-order chi connectivity index (χ0) is 22.0. The van der Waals surface area contributed by atoms with Crippen LogP contribution in [0.4, 0.5) is 15.9 Å². The first-order valence-corrected chi connectivity index (χ1v) is 11.5. The van der Waals surface area contributed by atoms with Crippen molar-refractivity contribution < 1.29 is 14.0 Å². The molecule has 7 nitrogen and oxygen atoms in total. The SMILES string of the molecule is CC1CN(c2cc(Cl)nc(SCC(=O)Nc3ccccc3F)n2)CCN1C(=O)C1CC1. The van der Waals surface area contributed by atoms with E-state index in [2.05, 4.69) is 20.2 Å². The molecule has 2 aromatic rings. The average Bonchev–Trinajstić information content (AvgIpc) is 3.58. The highest BCUT2D eigenvalue weighted by Gasteiger charge is 2.37. The van der Waals surface area contributed by atoms with Gasteiger partial charge in [-0.05, 0) is 31.9 Å². The number of hydrogen-bond donors (Lipinski definition) is 1. The Morgan fingerprint density at radius 1 is 1.26 bits per heavy atom. The molecule has 1 aromatic heterocycles. The molecule has 2 fully saturated rings. The lowest BCUT2D eigenvalue weighted by Gasteiger charge is -2.40. The largest absolute Gasteiger partial charge is 0.353 e. The number of nitrogens with zero attached hydrogens (tertiary/aromatic N) is 4. The number of nitrogens with one attached hydrogen (secondary N) is 1. The fourth-order valence-electron chi connectivity index (χ4n) is 3.55. The van der Waals surface area contributed by atoms with E-state index in [4.69, 9.17) is 11.6 Å². The molecule has 0 bridgehead atoms. The van der Waals surface area contributed by atoms with Crippen molar-refractivity contribution in [2.45, 2.75) is 31.0 Å². The molecule has 1 aliphatic heterocycles. The minimum absolute atomic E-state index is 0.0220. The number of rotatable bonds is 6. The van der Waals surface area contributed by atoms with Crippen LogP contribution < -0.4 is 10.2 Å². The maximum Gasteiger partial charge on any atom is 0.234 e. The molecule has 4 rings (SSSR count). The van der Waals surface area contributed by atoms with Crippen LogP contribution >= 0.6 is 23.4 Å². The van der Waals surface area contributed by atoms with Crippen molar-refractivity contribution in [3.63, 3.8) is 0 Å². The Morgan fingerprint density at radius 2 is 2.03 bits per heavy atom. The molecule has 2 aliphatic rings. The summed E-state index contributed by atoms with van der Waals surface area (Å²) in [6.45, 7) is 4.00. The highest BCUT2D eigenvalue weighted by molar-refractivity contribution is 7.99. The minimum atomic E-state index is -0.490. The molecule has 2 heterocycles. The number of amides is 2. The van der Waals surface area contributed by atoms with Gasteiger partial charge in [0.05, 0.1) is 11.4 Å². The van der Waals surface area contributed by atoms with E-state index in [9.17, 15) is 14.0 Å². The lowest BCUT2D eigenvalue weighted by molar-refractivity contribution is -0.135. The van der Waals surface area contributed by atoms with Gasteiger partial charge in [0.2, 0.25) is 11.8 Å². The number of carbonyl (C=O) groups is 2. The normalized spacial score (nSPS) is 18.7. The maximum absolute atomic E-state index is 13.7. The lowest BCUT2D eigenvalue weighted by atomic mass is 10.1. The molecule has 0 spiro atoms. The van der Waals surface area contributed by atoms with Gasteiger partial charge in [0, 0.05) is 37.7 Å². The minimum Gasteiger partial charge on any atom is -0.353 e. The Bertz CT molecular complexity index is 990. The lowest BCUT2D eigenvalue weighted by Crippen LogP contribution is -2.54. The van der Waals surface area contributed by atoms with Crippen LogP contribution in [0.15, 0.2) is 35.5 Å². The zero-order valence-corrected chi connectivity index (χ0v) is 18.6. The van der Waals surface area contributed by atoms with Gasteiger partial charge >= 0.3 is 0 Å². The first-order chi connectivity index (χ1) is 14.9. The highest BCUT2D eigenvalue weighted by Crippen LogP contribution is 2.33. The molecule has 1 saturated carbocycles. The third kappa shape index (κ3) is 5.46. The van der Waals surface area contributed by atoms with Gasteiger partial charge in [-0.15, -0.1) is 0 Å². The predicted molar refractivity (Wildman–Crippen MR) is 119 cm³/mol. The second-order valence-corrected chi connectivity index (χ2v) is 9.08. The van der Waals surface area contributed by atoms with E-state index in [0.29, 0.717) is 30.6 Å². The standard InChI is InChI=1S/C21H23ClFN5O2S/c1-13-11-27(8-9-28(13)20(30)14-6-7-14)18-10-17(22)25-21(26-18)31-12-19(29)24-16-5-3-2-4-15(16)23/h2-5,10,13-14H,6-9,11-12H2,1H3,(H,24,29). The molecular formula is C21H23ClFN5O2S. The van der Waals surface area contributed by atoms with E-state index >= 15 is 0 Å². The predicted octanol–water partition coefficient (Wildman–Crippen LogP) is 3.45. The summed E-state index contributed by atoms with van der Waals surface area (Å²) in [5.41, 5.74) is 0.133. The molecule has 31 heavy (non-hydrogen) atoms. The number of aromatic nitrogens is 2. The molecule has 1 aliphatic carbocycles. The summed E-state index contributed by atoms with van der Waals surface area (Å²) in [7, 11) is 0. The molecule has 1 atom stereocenters. The summed E-state index contributed by atoms with van der Waals surface area (Å²) < 4.78 is 13.7. The van der Waals surface area contributed by atoms with Gasteiger partial charge < -0.3 is 15.1 Å². The van der Waals surface area contributed by atoms with E-state index in [0.717, 1.165) is 24.6 Å². The molecule has 0 radical (unpaired) electrons. The number of halogens is 2. The van der Waals surface area contributed by atoms with Crippen LogP contribution in [-0.4, -0.2) is 58.1 Å². The molecule has 1 saturated heterocycles. The van der Waals surface area contributed by atoms with Crippen molar-refractivity contribution in [2.75, 3.05) is 35.6 Å². The molecule has 1 aromatic carbocycles. The highest BCUT2D eigenvalue weighted by atomic mass is 35.5. The van der Waals surface area contributed by atoms with Crippen LogP contribution in [0.1, 0.15) is 19.8 Å². The molecule has 164 valence electrons. The van der Waals surface area contributed by atoms with Crippen LogP contribution in [0.3, 0.4) is 0 Å². The van der Waals surface area contributed by atoms with Crippen LogP contribution in [0.2, 0.25) is 5.15 Å². The summed E-state index contributed by atoms with van der Waals surface area (Å²) in [5, 5.41) is 3.19. The van der Waals surface area contributed by atoms with Gasteiger partial charge in [-0.2, -0.15) is 0 Å². The third-order valence-electron chi connectivity index (χ3n) is 5.30. The Morgan fingerprint density at radius 3 is 2.74 bits per heavy atom. The summed E-state index contributed by atoms with van der Waals surface area (Å²) in [4.78, 5) is 37.4. The Balaban J connectivity index is 1.36. The summed E-state index contributed by atoms with van der Waals surface area (Å²) in [5.74, 6) is 0.304. The van der Waals surface area contributed by atoms with Crippen molar-refractivity contribution in [1.82, 2.24) is 14.9 Å². The van der Waals surface area contributed by atoms with Crippen molar-refractivity contribution >= 4 is 46.7 Å². The zero-order valence-electron chi connectivity index (χ0n) is 17.1. The van der Waals surface area contributed by atoms with Crippen LogP contribution in [0.5, 0.6) is 0 Å². The van der Waals surface area contributed by atoms with Crippen LogP contribution in [0.25, 0.3) is 0 Å². The van der Waals surface area contributed by atoms with Gasteiger partial charge in [-0.25, -0.2) is 14.4 Å². The van der Waals surface area contributed by atoms with E-state index in [1.165, 1.54) is 12.1 Å². The molecule has 2 amide bonds. The van der Waals surface area contributed by atoms with Gasteiger partial charge in [-0.1, -0.05) is 35.5 Å². The molecule has 10 heteroatoms. The number of para-hydroxylation sites is 1. The van der Waals surface area contributed by atoms with E-state index in [-0.39, 0.29) is 40.4 Å². The first kappa shape index (κ1) is 21.8. The van der Waals surface area contributed by atoms with Crippen LogP contribution in [-0.2, 0) is 9.59 Å². The smallest absolute Gasteiger partial charge is 0.234 e. The van der Waals surface area contributed by atoms with Crippen molar-refractivity contribution in [2.24, 2.45) is 5.92 Å². The first-order valence-electron chi connectivity index (χ1n) is 10.2. The number of hydrogen-bond acceptors (Lipinski definition) is 6. The number of benzene rings is 1. The van der Waals surface area contributed by atoms with Crippen molar-refractivity contribution in [3.8, 4) is 0 Å². The molecule has 1 N–H and O–H groups in total. The Kier molecular flexibility index (Phi) is 6.62. The molecule has 1 unspecified atom stereocenters. The number of thioether (sulfide) groups is 1. The van der Waals surface area contributed by atoms with Crippen LogP contribution in [0, 0.1) is 11.7 Å². The number of piperazine rings is 1. The van der Waals surface area contributed by atoms with E-state index < -0.39 is 5.82 Å². The fourth-order valence-corrected chi connectivity index (χ4v) is 4.43. The second-order valence-electron chi connectivity index (χ2n) is 7.75. The van der Waals surface area contributed by atoms with Crippen molar-refractivity contribution in [3.05, 3.63) is 41.3 Å². The second kappa shape index (κ2) is 9.40. The number of anilines is 2. The third-order valence-corrected chi connectivity index (χ3v) is 6.34. The fraction of sp³-hybridized carbons (Fsp3) is 0.429. The maximum atomic E-state index is 13.7. The molecular weight excluding hydrogens is 441 g/mol. The quantitative estimate of drug-likeness (QED) is 0.401. The van der Waals surface area contributed by atoms with Crippen molar-refractivity contribution in [1.29, 1.82) is 0 Å². The Hall–Kier alpha value is -2.39. The van der Waals surface area contributed by atoms with Gasteiger partial charge in [0.15, 0.2) is 5.16 Å². The van der Waals surface area contributed by atoms with E-state index in [1.54, 1.807) is 18.2 Å². The van der Waals surface area contributed by atoms with E-state index in [1.807, 2.05) is 11.8 Å². The summed E-state index contributed by atoms with van der Waals surface area (Å²) >= 11 is 7.33. The van der Waals surface area contributed by atoms with Gasteiger partial charge in [-0.3, -0.25) is 9.59 Å². The Labute approximate surface area is 189 Å². The summed E-state index contributed by atoms with van der Waals surface area (Å²) in [6, 6.07) is 7.77.